The molecule has 1 nitrogen and oxygen atoms in total. The molecule has 0 spiro atoms. The zero-order valence-electron chi connectivity index (χ0n) is 8.12. The van der Waals surface area contributed by atoms with Crippen LogP contribution in [0.25, 0.3) is 0 Å². The molecule has 2 fully saturated rings. The quantitative estimate of drug-likeness (QED) is 0.600. The minimum atomic E-state index is 0.425. The predicted octanol–water partition coefficient (Wildman–Crippen LogP) is 2.57. The molecule has 2 bridgehead atoms. The molecule has 0 radical (unpaired) electrons. The lowest BCUT2D eigenvalue weighted by Crippen LogP contribution is -2.24. The number of hydrogen-bond acceptors (Lipinski definition) is 1. The first-order valence-electron chi connectivity index (χ1n) is 5.55. The summed E-state index contributed by atoms with van der Waals surface area (Å²) in [7, 11) is 0. The molecule has 2 saturated carbocycles. The monoisotopic (exact) mass is 176 g/mol. The van der Waals surface area contributed by atoms with Crippen LogP contribution in [0, 0.1) is 23.7 Å². The third kappa shape index (κ3) is 0.853. The maximum absolute atomic E-state index is 11.7. The van der Waals surface area contributed by atoms with E-state index in [0.717, 1.165) is 18.3 Å². The van der Waals surface area contributed by atoms with E-state index in [0.29, 0.717) is 17.6 Å². The largest absolute Gasteiger partial charge is 0.295 e. The number of hydrogen-bond donors (Lipinski definition) is 0. The molecule has 0 N–H and O–H groups in total. The van der Waals surface area contributed by atoms with Gasteiger partial charge >= 0.3 is 0 Å². The Kier molecular flexibility index (Phi) is 1.47. The molecule has 0 aromatic carbocycles. The molecular weight excluding hydrogens is 160 g/mol. The molecule has 0 aromatic heterocycles. The lowest BCUT2D eigenvalue weighted by molar-refractivity contribution is -0.119. The van der Waals surface area contributed by atoms with Crippen LogP contribution < -0.4 is 0 Å². The number of allylic oxidation sites excluding steroid dienone is 2. The smallest absolute Gasteiger partial charge is 0.159 e. The number of rotatable bonds is 1. The van der Waals surface area contributed by atoms with Gasteiger partial charge < -0.3 is 0 Å². The first-order valence-corrected chi connectivity index (χ1v) is 5.55. The van der Waals surface area contributed by atoms with Crippen LogP contribution >= 0.6 is 0 Å². The lowest BCUT2D eigenvalue weighted by Gasteiger charge is -2.25. The van der Waals surface area contributed by atoms with Crippen LogP contribution in [0.3, 0.4) is 0 Å². The molecule has 2 unspecified atom stereocenters. The second-order valence-corrected chi connectivity index (χ2v) is 4.86. The second-order valence-electron chi connectivity index (χ2n) is 4.86. The first-order chi connectivity index (χ1) is 6.31. The van der Waals surface area contributed by atoms with E-state index in [1.165, 1.54) is 24.8 Å². The highest BCUT2D eigenvalue weighted by Gasteiger charge is 2.53. The Labute approximate surface area is 79.2 Å². The van der Waals surface area contributed by atoms with E-state index < -0.39 is 0 Å². The number of ketones is 1. The molecule has 0 saturated heterocycles. The minimum Gasteiger partial charge on any atom is -0.295 e. The standard InChI is InChI=1S/C12H16O/c1-2-7-6-10(13)12-9-4-3-8(5-9)11(7)12/h6,8-9,11-12H,2-5H2,1H3/t8?,9?,11-,12-/m1/s1. The third-order valence-electron chi connectivity index (χ3n) is 4.41. The zero-order valence-corrected chi connectivity index (χ0v) is 8.12. The number of fused-ring (bicyclic) bond motifs is 5. The van der Waals surface area contributed by atoms with Crippen LogP contribution in [0.15, 0.2) is 11.6 Å². The number of carbonyl (C=O) groups is 1. The Hall–Kier alpha value is -0.590. The molecular formula is C12H16O. The van der Waals surface area contributed by atoms with Gasteiger partial charge in [0.25, 0.3) is 0 Å². The van der Waals surface area contributed by atoms with E-state index in [-0.39, 0.29) is 0 Å². The lowest BCUT2D eigenvalue weighted by atomic mass is 9.78. The summed E-state index contributed by atoms with van der Waals surface area (Å²) in [6, 6.07) is 0. The summed E-state index contributed by atoms with van der Waals surface area (Å²) >= 11 is 0. The maximum atomic E-state index is 11.7. The molecule has 70 valence electrons. The van der Waals surface area contributed by atoms with Crippen molar-refractivity contribution in [3.05, 3.63) is 11.6 Å². The van der Waals surface area contributed by atoms with Gasteiger partial charge in [0.2, 0.25) is 0 Å². The molecule has 1 heteroatoms. The molecule has 0 aliphatic heterocycles. The van der Waals surface area contributed by atoms with Crippen molar-refractivity contribution in [3.63, 3.8) is 0 Å². The second kappa shape index (κ2) is 2.46. The van der Waals surface area contributed by atoms with Crippen molar-refractivity contribution in [1.29, 1.82) is 0 Å². The predicted molar refractivity (Wildman–Crippen MR) is 51.2 cm³/mol. The molecule has 0 amide bonds. The normalized spacial score (nSPS) is 46.8. The molecule has 3 rings (SSSR count). The van der Waals surface area contributed by atoms with Crippen LogP contribution in [0.1, 0.15) is 32.6 Å². The highest BCUT2D eigenvalue weighted by atomic mass is 16.1. The van der Waals surface area contributed by atoms with Crippen molar-refractivity contribution in [3.8, 4) is 0 Å². The zero-order chi connectivity index (χ0) is 9.00. The Morgan fingerprint density at radius 1 is 1.31 bits per heavy atom. The Balaban J connectivity index is 1.98. The summed E-state index contributed by atoms with van der Waals surface area (Å²) in [4.78, 5) is 11.7. The summed E-state index contributed by atoms with van der Waals surface area (Å²) in [5.41, 5.74) is 1.46. The van der Waals surface area contributed by atoms with E-state index in [1.54, 1.807) is 0 Å². The van der Waals surface area contributed by atoms with Crippen LogP contribution in [-0.4, -0.2) is 5.78 Å². The Morgan fingerprint density at radius 2 is 2.00 bits per heavy atom. The summed E-state index contributed by atoms with van der Waals surface area (Å²) < 4.78 is 0. The molecule has 4 atom stereocenters. The fourth-order valence-electron chi connectivity index (χ4n) is 3.95. The highest BCUT2D eigenvalue weighted by Crippen LogP contribution is 2.58. The number of carbonyl (C=O) groups excluding carboxylic acids is 1. The van der Waals surface area contributed by atoms with Crippen molar-refractivity contribution in [1.82, 2.24) is 0 Å². The van der Waals surface area contributed by atoms with Crippen LogP contribution in [0.2, 0.25) is 0 Å². The van der Waals surface area contributed by atoms with Crippen LogP contribution in [0.5, 0.6) is 0 Å². The van der Waals surface area contributed by atoms with Gasteiger partial charge in [-0.3, -0.25) is 4.79 Å². The molecule has 3 aliphatic rings. The Bertz CT molecular complexity index is 289. The first kappa shape index (κ1) is 7.78. The topological polar surface area (TPSA) is 17.1 Å². The van der Waals surface area contributed by atoms with E-state index in [2.05, 4.69) is 6.92 Å². The van der Waals surface area contributed by atoms with Crippen molar-refractivity contribution in [2.75, 3.05) is 0 Å². The van der Waals surface area contributed by atoms with E-state index in [1.807, 2.05) is 6.08 Å². The molecule has 0 aromatic rings. The summed E-state index contributed by atoms with van der Waals surface area (Å²) in [6.07, 6.45) is 7.10. The SMILES string of the molecule is CCC1=CC(=O)[C@H]2C3CCC(C3)[C@@H]12. The summed E-state index contributed by atoms with van der Waals surface area (Å²) in [6.45, 7) is 2.19. The van der Waals surface area contributed by atoms with Crippen LogP contribution in [0.4, 0.5) is 0 Å². The van der Waals surface area contributed by atoms with Crippen molar-refractivity contribution >= 4 is 5.78 Å². The van der Waals surface area contributed by atoms with Crippen molar-refractivity contribution in [2.45, 2.75) is 32.6 Å². The van der Waals surface area contributed by atoms with Gasteiger partial charge in [0, 0.05) is 5.92 Å². The molecule has 13 heavy (non-hydrogen) atoms. The van der Waals surface area contributed by atoms with E-state index in [9.17, 15) is 4.79 Å². The van der Waals surface area contributed by atoms with Gasteiger partial charge in [-0.1, -0.05) is 12.5 Å². The van der Waals surface area contributed by atoms with Crippen LogP contribution in [-0.2, 0) is 4.79 Å². The van der Waals surface area contributed by atoms with Crippen molar-refractivity contribution in [2.24, 2.45) is 23.7 Å². The average Bonchev–Trinajstić information content (AvgIpc) is 2.76. The van der Waals surface area contributed by atoms with Gasteiger partial charge in [-0.15, -0.1) is 0 Å². The van der Waals surface area contributed by atoms with Gasteiger partial charge in [-0.2, -0.15) is 0 Å². The average molecular weight is 176 g/mol. The summed E-state index contributed by atoms with van der Waals surface area (Å²) in [5, 5.41) is 0. The van der Waals surface area contributed by atoms with Gasteiger partial charge in [0.1, 0.15) is 0 Å². The highest BCUT2D eigenvalue weighted by molar-refractivity contribution is 5.96. The summed E-state index contributed by atoms with van der Waals surface area (Å²) in [5.74, 6) is 3.18. The maximum Gasteiger partial charge on any atom is 0.159 e. The fourth-order valence-corrected chi connectivity index (χ4v) is 3.95. The minimum absolute atomic E-state index is 0.425. The third-order valence-corrected chi connectivity index (χ3v) is 4.41. The van der Waals surface area contributed by atoms with E-state index in [4.69, 9.17) is 0 Å². The van der Waals surface area contributed by atoms with E-state index >= 15 is 0 Å². The van der Waals surface area contributed by atoms with Gasteiger partial charge in [-0.25, -0.2) is 0 Å². The fraction of sp³-hybridized carbons (Fsp3) is 0.750. The Morgan fingerprint density at radius 3 is 2.69 bits per heavy atom. The van der Waals surface area contributed by atoms with Gasteiger partial charge in [0.05, 0.1) is 0 Å². The van der Waals surface area contributed by atoms with Crippen molar-refractivity contribution < 1.29 is 4.79 Å². The van der Waals surface area contributed by atoms with Gasteiger partial charge in [0.15, 0.2) is 5.78 Å². The molecule has 3 aliphatic carbocycles. The van der Waals surface area contributed by atoms with Gasteiger partial charge in [-0.05, 0) is 49.5 Å². The molecule has 0 heterocycles.